The molecule has 1 aromatic rings. The van der Waals surface area contributed by atoms with Crippen molar-refractivity contribution in [2.24, 2.45) is 0 Å². The van der Waals surface area contributed by atoms with Crippen LogP contribution in [0, 0.1) is 0 Å². The van der Waals surface area contributed by atoms with Gasteiger partial charge in [-0.1, -0.05) is 69.4 Å². The lowest BCUT2D eigenvalue weighted by Gasteiger charge is -2.06. The molecule has 0 spiro atoms. The molecule has 0 aliphatic heterocycles. The number of ether oxygens (including phenoxy) is 1. The maximum Gasteiger partial charge on any atom is 0.305 e. The Morgan fingerprint density at radius 3 is 2.23 bits per heavy atom. The molecule has 4 nitrogen and oxygen atoms in total. The molecule has 0 bridgehead atoms. The quantitative estimate of drug-likeness (QED) is 0.124. The first-order valence-corrected chi connectivity index (χ1v) is 11.6. The Morgan fingerprint density at radius 2 is 1.53 bits per heavy atom. The van der Waals surface area contributed by atoms with Crippen molar-refractivity contribution in [3.05, 3.63) is 48.1 Å². The minimum Gasteiger partial charge on any atom is -0.504 e. The van der Waals surface area contributed by atoms with Crippen molar-refractivity contribution < 1.29 is 19.7 Å². The van der Waals surface area contributed by atoms with Crippen LogP contribution in [0.5, 0.6) is 11.5 Å². The van der Waals surface area contributed by atoms with Gasteiger partial charge in [0.05, 0.1) is 6.61 Å². The van der Waals surface area contributed by atoms with Crippen molar-refractivity contribution in [2.45, 2.75) is 90.4 Å². The van der Waals surface area contributed by atoms with Gasteiger partial charge in [0.15, 0.2) is 11.5 Å². The minimum absolute atomic E-state index is 0.142. The summed E-state index contributed by atoms with van der Waals surface area (Å²) in [5, 5.41) is 18.7. The fourth-order valence-corrected chi connectivity index (χ4v) is 3.16. The molecule has 0 radical (unpaired) electrons. The number of allylic oxidation sites excluding steroid dienone is 4. The average molecular weight is 417 g/mol. The van der Waals surface area contributed by atoms with Crippen molar-refractivity contribution in [3.63, 3.8) is 0 Å². The SMILES string of the molecule is CCCCC/C=C\C/C=C\CCCCCCCC(=O)OCCc1ccc(O)c(O)c1. The van der Waals surface area contributed by atoms with Crippen LogP contribution in [0.3, 0.4) is 0 Å². The van der Waals surface area contributed by atoms with Crippen molar-refractivity contribution in [1.82, 2.24) is 0 Å². The summed E-state index contributed by atoms with van der Waals surface area (Å²) in [4.78, 5) is 11.8. The number of carbonyl (C=O) groups excluding carboxylic acids is 1. The van der Waals surface area contributed by atoms with Crippen LogP contribution in [-0.4, -0.2) is 22.8 Å². The highest BCUT2D eigenvalue weighted by atomic mass is 16.5. The van der Waals surface area contributed by atoms with E-state index in [9.17, 15) is 15.0 Å². The summed E-state index contributed by atoms with van der Waals surface area (Å²) in [6.45, 7) is 2.53. The van der Waals surface area contributed by atoms with Crippen molar-refractivity contribution in [2.75, 3.05) is 6.61 Å². The van der Waals surface area contributed by atoms with Gasteiger partial charge in [-0.15, -0.1) is 0 Å². The minimum atomic E-state index is -0.163. The molecular weight excluding hydrogens is 376 g/mol. The second kappa shape index (κ2) is 17.6. The number of hydrogen-bond donors (Lipinski definition) is 2. The van der Waals surface area contributed by atoms with E-state index >= 15 is 0 Å². The topological polar surface area (TPSA) is 66.8 Å². The fraction of sp³-hybridized carbons (Fsp3) is 0.577. The summed E-state index contributed by atoms with van der Waals surface area (Å²) in [6.07, 6.45) is 22.9. The first-order valence-electron chi connectivity index (χ1n) is 11.6. The summed E-state index contributed by atoms with van der Waals surface area (Å²) >= 11 is 0. The number of benzene rings is 1. The first kappa shape index (κ1) is 25.8. The Morgan fingerprint density at radius 1 is 0.867 bits per heavy atom. The molecule has 168 valence electrons. The number of phenols is 2. The van der Waals surface area contributed by atoms with Crippen LogP contribution < -0.4 is 0 Å². The zero-order valence-corrected chi connectivity index (χ0v) is 18.7. The number of phenolic OH excluding ortho intramolecular Hbond substituents is 2. The van der Waals surface area contributed by atoms with Crippen LogP contribution in [0.4, 0.5) is 0 Å². The van der Waals surface area contributed by atoms with E-state index in [1.54, 1.807) is 6.07 Å². The maximum absolute atomic E-state index is 11.8. The molecule has 0 atom stereocenters. The molecule has 0 aliphatic carbocycles. The van der Waals surface area contributed by atoms with Crippen LogP contribution in [0.2, 0.25) is 0 Å². The molecule has 0 fully saturated rings. The van der Waals surface area contributed by atoms with Crippen molar-refractivity contribution in [3.8, 4) is 11.5 Å². The van der Waals surface area contributed by atoms with Crippen LogP contribution in [0.1, 0.15) is 89.5 Å². The lowest BCUT2D eigenvalue weighted by molar-refractivity contribution is -0.143. The van der Waals surface area contributed by atoms with E-state index in [4.69, 9.17) is 4.74 Å². The van der Waals surface area contributed by atoms with Crippen molar-refractivity contribution in [1.29, 1.82) is 0 Å². The molecule has 1 aromatic carbocycles. The van der Waals surface area contributed by atoms with Gasteiger partial charge in [0.2, 0.25) is 0 Å². The highest BCUT2D eigenvalue weighted by Gasteiger charge is 2.04. The lowest BCUT2D eigenvalue weighted by Crippen LogP contribution is -2.07. The van der Waals surface area contributed by atoms with Gasteiger partial charge in [0, 0.05) is 12.8 Å². The van der Waals surface area contributed by atoms with E-state index in [1.165, 1.54) is 50.7 Å². The summed E-state index contributed by atoms with van der Waals surface area (Å²) in [5.41, 5.74) is 0.829. The number of esters is 1. The number of aromatic hydroxyl groups is 2. The predicted octanol–water partition coefficient (Wildman–Crippen LogP) is 7.00. The lowest BCUT2D eigenvalue weighted by atomic mass is 10.1. The van der Waals surface area contributed by atoms with Crippen molar-refractivity contribution >= 4 is 5.97 Å². The number of carbonyl (C=O) groups is 1. The van der Waals surface area contributed by atoms with Gasteiger partial charge < -0.3 is 14.9 Å². The van der Waals surface area contributed by atoms with Crippen LogP contribution in [0.25, 0.3) is 0 Å². The van der Waals surface area contributed by atoms with E-state index in [0.29, 0.717) is 19.4 Å². The molecule has 0 aromatic heterocycles. The Kier molecular flexibility index (Phi) is 15.2. The zero-order valence-electron chi connectivity index (χ0n) is 18.7. The number of unbranched alkanes of at least 4 members (excludes halogenated alkanes) is 8. The van der Waals surface area contributed by atoms with Gasteiger partial charge in [-0.25, -0.2) is 0 Å². The van der Waals surface area contributed by atoms with E-state index in [2.05, 4.69) is 31.2 Å². The average Bonchev–Trinajstić information content (AvgIpc) is 2.73. The molecule has 0 amide bonds. The molecule has 0 saturated carbocycles. The Labute approximate surface area is 182 Å². The smallest absolute Gasteiger partial charge is 0.305 e. The second-order valence-corrected chi connectivity index (χ2v) is 7.77. The largest absolute Gasteiger partial charge is 0.504 e. The van der Waals surface area contributed by atoms with Gasteiger partial charge in [-0.05, 0) is 56.2 Å². The third kappa shape index (κ3) is 13.9. The molecule has 0 heterocycles. The Hall–Kier alpha value is -2.23. The van der Waals surface area contributed by atoms with E-state index in [0.717, 1.165) is 37.7 Å². The summed E-state index contributed by atoms with van der Waals surface area (Å²) < 4.78 is 5.24. The van der Waals surface area contributed by atoms with Crippen LogP contribution in [-0.2, 0) is 16.0 Å². The summed E-state index contributed by atoms with van der Waals surface area (Å²) in [6, 6.07) is 4.64. The molecule has 2 N–H and O–H groups in total. The monoisotopic (exact) mass is 416 g/mol. The van der Waals surface area contributed by atoms with E-state index in [1.807, 2.05) is 0 Å². The van der Waals surface area contributed by atoms with Gasteiger partial charge in [0.25, 0.3) is 0 Å². The molecule has 30 heavy (non-hydrogen) atoms. The third-order valence-corrected chi connectivity index (χ3v) is 5.03. The molecule has 0 saturated heterocycles. The zero-order chi connectivity index (χ0) is 21.9. The third-order valence-electron chi connectivity index (χ3n) is 5.03. The van der Waals surface area contributed by atoms with Gasteiger partial charge in [-0.3, -0.25) is 4.79 Å². The number of rotatable bonds is 17. The fourth-order valence-electron chi connectivity index (χ4n) is 3.16. The molecule has 0 unspecified atom stereocenters. The van der Waals surface area contributed by atoms with Gasteiger partial charge >= 0.3 is 5.97 Å². The predicted molar refractivity (Wildman–Crippen MR) is 124 cm³/mol. The number of hydrogen-bond acceptors (Lipinski definition) is 4. The van der Waals surface area contributed by atoms with Crippen LogP contribution in [0.15, 0.2) is 42.5 Å². The van der Waals surface area contributed by atoms with E-state index < -0.39 is 0 Å². The normalized spacial score (nSPS) is 11.5. The standard InChI is InChI=1S/C26H40O4/c1-2-3-4-5-6-7-8-9-10-11-12-13-14-15-16-17-26(29)30-21-20-23-18-19-24(27)25(28)22-23/h6-7,9-10,18-19,22,27-28H,2-5,8,11-17,20-21H2,1H3/b7-6-,10-9-. The molecule has 4 heteroatoms. The summed E-state index contributed by atoms with van der Waals surface area (Å²) in [7, 11) is 0. The molecule has 1 rings (SSSR count). The Balaban J connectivity index is 1.90. The van der Waals surface area contributed by atoms with Crippen LogP contribution >= 0.6 is 0 Å². The second-order valence-electron chi connectivity index (χ2n) is 7.77. The maximum atomic E-state index is 11.8. The van der Waals surface area contributed by atoms with Gasteiger partial charge in [0.1, 0.15) is 0 Å². The summed E-state index contributed by atoms with van der Waals surface area (Å²) in [5.74, 6) is -0.454. The van der Waals surface area contributed by atoms with E-state index in [-0.39, 0.29) is 17.5 Å². The first-order chi connectivity index (χ1) is 14.6. The van der Waals surface area contributed by atoms with Gasteiger partial charge in [-0.2, -0.15) is 0 Å². The molecular formula is C26H40O4. The molecule has 0 aliphatic rings. The Bertz CT molecular complexity index is 634. The highest BCUT2D eigenvalue weighted by molar-refractivity contribution is 5.69. The highest BCUT2D eigenvalue weighted by Crippen LogP contribution is 2.25.